The third kappa shape index (κ3) is 2.21. The summed E-state index contributed by atoms with van der Waals surface area (Å²) in [6.45, 7) is 0. The van der Waals surface area contributed by atoms with Crippen LogP contribution in [0.4, 0.5) is 0 Å². The number of benzene rings is 2. The molecule has 0 aliphatic heterocycles. The Morgan fingerprint density at radius 3 is 1.47 bits per heavy atom. The number of hydrogen-bond donors (Lipinski definition) is 0. The average Bonchev–Trinajstić information content (AvgIpc) is 2.39. The van der Waals surface area contributed by atoms with Crippen LogP contribution in [0.1, 0.15) is 11.1 Å². The van der Waals surface area contributed by atoms with Crippen molar-refractivity contribution in [3.8, 4) is 0 Å². The van der Waals surface area contributed by atoms with E-state index in [9.17, 15) is 4.79 Å². The fourth-order valence-corrected chi connectivity index (χ4v) is 2.20. The van der Waals surface area contributed by atoms with Crippen molar-refractivity contribution in [1.82, 2.24) is 0 Å². The van der Waals surface area contributed by atoms with Gasteiger partial charge < -0.3 is 0 Å². The molecule has 0 saturated carbocycles. The van der Waals surface area contributed by atoms with Gasteiger partial charge in [0, 0.05) is 0 Å². The van der Waals surface area contributed by atoms with Crippen molar-refractivity contribution >= 4 is 28.4 Å². The van der Waals surface area contributed by atoms with Gasteiger partial charge in [-0.25, -0.2) is 0 Å². The Kier molecular flexibility index (Phi) is 3.51. The van der Waals surface area contributed by atoms with E-state index in [2.05, 4.69) is 0 Å². The van der Waals surface area contributed by atoms with Crippen LogP contribution in [0.5, 0.6) is 0 Å². The van der Waals surface area contributed by atoms with E-state index in [4.69, 9.17) is 23.2 Å². The third-order valence-corrected chi connectivity index (χ3v) is 3.60. The van der Waals surface area contributed by atoms with Crippen molar-refractivity contribution in [3.05, 3.63) is 71.8 Å². The van der Waals surface area contributed by atoms with Crippen LogP contribution in [-0.2, 0) is 9.67 Å². The number of carbonyl (C=O) groups is 1. The van der Waals surface area contributed by atoms with E-state index in [-0.39, 0.29) is 0 Å². The molecule has 0 aliphatic carbocycles. The summed E-state index contributed by atoms with van der Waals surface area (Å²) in [7, 11) is 0. The zero-order chi connectivity index (χ0) is 12.3. The van der Waals surface area contributed by atoms with E-state index >= 15 is 0 Å². The molecule has 2 aromatic carbocycles. The summed E-state index contributed by atoms with van der Waals surface area (Å²) in [6.07, 6.45) is 0. The van der Waals surface area contributed by atoms with Gasteiger partial charge in [-0.1, -0.05) is 72.3 Å². The number of carbonyl (C=O) groups excluding carboxylic acids is 1. The van der Waals surface area contributed by atoms with E-state index in [0.717, 1.165) is 0 Å². The number of rotatable bonds is 3. The van der Waals surface area contributed by atoms with Crippen LogP contribution in [0.15, 0.2) is 60.7 Å². The van der Waals surface area contributed by atoms with Gasteiger partial charge in [0.25, 0.3) is 5.24 Å². The normalized spacial score (nSPS) is 11.2. The predicted molar refractivity (Wildman–Crippen MR) is 70.4 cm³/mol. The van der Waals surface area contributed by atoms with Gasteiger partial charge in [-0.2, -0.15) is 0 Å². The smallest absolute Gasteiger partial charge is 0.251 e. The first-order valence-corrected chi connectivity index (χ1v) is 5.91. The van der Waals surface area contributed by atoms with Gasteiger partial charge in [0.05, 0.1) is 0 Å². The highest BCUT2D eigenvalue weighted by atomic mass is 35.5. The predicted octanol–water partition coefficient (Wildman–Crippen LogP) is 3.93. The average molecular weight is 265 g/mol. The SMILES string of the molecule is O=C(Cl)C(Cl)(c1ccccc1)c1ccccc1. The zero-order valence-electron chi connectivity index (χ0n) is 8.94. The molecule has 0 amide bonds. The van der Waals surface area contributed by atoms with Crippen molar-refractivity contribution in [2.75, 3.05) is 0 Å². The zero-order valence-corrected chi connectivity index (χ0v) is 10.4. The van der Waals surface area contributed by atoms with Gasteiger partial charge in [0.2, 0.25) is 0 Å². The quantitative estimate of drug-likeness (QED) is 0.607. The Morgan fingerprint density at radius 2 is 1.18 bits per heavy atom. The molecule has 0 spiro atoms. The molecule has 0 fully saturated rings. The van der Waals surface area contributed by atoms with Gasteiger partial charge in [-0.3, -0.25) is 4.79 Å². The summed E-state index contributed by atoms with van der Waals surface area (Å²) in [5.74, 6) is 0. The summed E-state index contributed by atoms with van der Waals surface area (Å²) in [4.78, 5) is 10.4. The van der Waals surface area contributed by atoms with Crippen molar-refractivity contribution in [3.63, 3.8) is 0 Å². The molecule has 1 nitrogen and oxygen atoms in total. The van der Waals surface area contributed by atoms with Gasteiger partial charge in [0.1, 0.15) is 0 Å². The second-order valence-electron chi connectivity index (χ2n) is 3.66. The molecule has 3 heteroatoms. The maximum absolute atomic E-state index is 11.7. The maximum atomic E-state index is 11.7. The molecule has 0 atom stereocenters. The van der Waals surface area contributed by atoms with Crippen LogP contribution in [0.25, 0.3) is 0 Å². The van der Waals surface area contributed by atoms with Crippen molar-refractivity contribution in [1.29, 1.82) is 0 Å². The second-order valence-corrected chi connectivity index (χ2v) is 4.57. The molecular weight excluding hydrogens is 255 g/mol. The highest BCUT2D eigenvalue weighted by Gasteiger charge is 2.38. The van der Waals surface area contributed by atoms with Crippen molar-refractivity contribution in [2.45, 2.75) is 4.87 Å². The molecule has 2 rings (SSSR count). The van der Waals surface area contributed by atoms with Crippen molar-refractivity contribution < 1.29 is 4.79 Å². The Bertz CT molecular complexity index is 469. The molecular formula is C14H10Cl2O. The number of hydrogen-bond acceptors (Lipinski definition) is 1. The topological polar surface area (TPSA) is 17.1 Å². The fourth-order valence-electron chi connectivity index (χ4n) is 1.73. The lowest BCUT2D eigenvalue weighted by molar-refractivity contribution is -0.113. The van der Waals surface area contributed by atoms with E-state index < -0.39 is 10.1 Å². The molecule has 0 N–H and O–H groups in total. The molecule has 86 valence electrons. The highest BCUT2D eigenvalue weighted by Crippen LogP contribution is 2.38. The summed E-state index contributed by atoms with van der Waals surface area (Å²) in [5, 5.41) is -0.600. The van der Waals surface area contributed by atoms with Gasteiger partial charge in [0.15, 0.2) is 4.87 Å². The minimum absolute atomic E-state index is 0.600. The lowest BCUT2D eigenvalue weighted by atomic mass is 9.91. The van der Waals surface area contributed by atoms with Gasteiger partial charge in [-0.05, 0) is 22.7 Å². The Labute approximate surface area is 110 Å². The van der Waals surface area contributed by atoms with E-state index in [1.165, 1.54) is 0 Å². The maximum Gasteiger partial charge on any atom is 0.251 e. The molecule has 0 aliphatic rings. The standard InChI is InChI=1S/C14H10Cl2O/c15-13(17)14(16,11-7-3-1-4-8-11)12-9-5-2-6-10-12/h1-10H. The van der Waals surface area contributed by atoms with Crippen LogP contribution in [0, 0.1) is 0 Å². The molecule has 17 heavy (non-hydrogen) atoms. The highest BCUT2D eigenvalue weighted by molar-refractivity contribution is 6.71. The number of alkyl halides is 1. The summed E-state index contributed by atoms with van der Waals surface area (Å²) >= 11 is 12.1. The summed E-state index contributed by atoms with van der Waals surface area (Å²) in [6, 6.07) is 18.2. The molecule has 2 aromatic rings. The van der Waals surface area contributed by atoms with Crippen LogP contribution >= 0.6 is 23.2 Å². The first kappa shape index (κ1) is 12.2. The van der Waals surface area contributed by atoms with Crippen LogP contribution in [0.3, 0.4) is 0 Å². The minimum atomic E-state index is -1.32. The largest absolute Gasteiger partial charge is 0.278 e. The monoisotopic (exact) mass is 264 g/mol. The molecule has 0 aromatic heterocycles. The number of halogens is 2. The Balaban J connectivity index is 2.59. The van der Waals surface area contributed by atoms with Crippen LogP contribution in [-0.4, -0.2) is 5.24 Å². The molecule has 0 bridgehead atoms. The minimum Gasteiger partial charge on any atom is -0.278 e. The van der Waals surface area contributed by atoms with Gasteiger partial charge in [-0.15, -0.1) is 0 Å². The summed E-state index contributed by atoms with van der Waals surface area (Å²) in [5.41, 5.74) is 1.35. The third-order valence-electron chi connectivity index (χ3n) is 2.61. The van der Waals surface area contributed by atoms with E-state index in [1.54, 1.807) is 24.3 Å². The summed E-state index contributed by atoms with van der Waals surface area (Å²) < 4.78 is 0. The Hall–Kier alpha value is -1.31. The molecule has 0 saturated heterocycles. The van der Waals surface area contributed by atoms with Crippen LogP contribution < -0.4 is 0 Å². The molecule has 0 radical (unpaired) electrons. The lowest BCUT2D eigenvalue weighted by Crippen LogP contribution is -2.27. The fraction of sp³-hybridized carbons (Fsp3) is 0.0714. The first-order valence-electron chi connectivity index (χ1n) is 5.15. The van der Waals surface area contributed by atoms with Crippen molar-refractivity contribution in [2.24, 2.45) is 0 Å². The van der Waals surface area contributed by atoms with Gasteiger partial charge >= 0.3 is 0 Å². The Morgan fingerprint density at radius 1 is 0.824 bits per heavy atom. The first-order chi connectivity index (χ1) is 8.15. The van der Waals surface area contributed by atoms with E-state index in [1.807, 2.05) is 36.4 Å². The molecule has 0 heterocycles. The second kappa shape index (κ2) is 4.91. The van der Waals surface area contributed by atoms with Crippen LogP contribution in [0.2, 0.25) is 0 Å². The lowest BCUT2D eigenvalue weighted by Gasteiger charge is -2.23. The van der Waals surface area contributed by atoms with E-state index in [0.29, 0.717) is 11.1 Å². The molecule has 0 unspecified atom stereocenters.